The van der Waals surface area contributed by atoms with E-state index in [4.69, 9.17) is 9.47 Å². The fraction of sp³-hybridized carbons (Fsp3) is 0.500. The molecule has 3 aromatic heterocycles. The molecule has 2 amide bonds. The molecule has 0 saturated heterocycles. The maximum absolute atomic E-state index is 13.2. The van der Waals surface area contributed by atoms with Gasteiger partial charge in [-0.2, -0.15) is 18.3 Å². The molecule has 2 atom stereocenters. The highest BCUT2D eigenvalue weighted by Crippen LogP contribution is 2.31. The summed E-state index contributed by atoms with van der Waals surface area (Å²) in [5.74, 6) is 0.888. The standard InChI is InChI=1S/C24H29F3N8O3/c1-4-34-15(2)20-28-12-18(37-3)19(33-20)17-13-35-21(29-14-30-35)22(32-17)38-11-7-5-6-8-16(31-23(34)36)9-10-24(25,26)27/h5-6,12-16H,4,7-11H2,1-3H3,(H,31,36)/b6-5+/t15?,16-/m1/s1. The largest absolute Gasteiger partial charge is 0.493 e. The Morgan fingerprint density at radius 1 is 1.24 bits per heavy atom. The van der Waals surface area contributed by atoms with Crippen LogP contribution in [0.2, 0.25) is 0 Å². The number of urea groups is 1. The topological polar surface area (TPSA) is 120 Å². The molecule has 0 spiro atoms. The molecular weight excluding hydrogens is 505 g/mol. The number of carbonyl (C=O) groups is 1. The Balaban J connectivity index is 1.75. The normalized spacial score (nSPS) is 19.9. The van der Waals surface area contributed by atoms with E-state index in [1.165, 1.54) is 29.0 Å². The van der Waals surface area contributed by atoms with Gasteiger partial charge in [0.15, 0.2) is 11.6 Å². The maximum atomic E-state index is 13.2. The van der Waals surface area contributed by atoms with E-state index in [1.54, 1.807) is 32.2 Å². The van der Waals surface area contributed by atoms with Crippen molar-refractivity contribution in [1.82, 2.24) is 39.8 Å². The van der Waals surface area contributed by atoms with E-state index in [9.17, 15) is 18.0 Å². The van der Waals surface area contributed by atoms with Gasteiger partial charge < -0.3 is 19.7 Å². The van der Waals surface area contributed by atoms with Crippen molar-refractivity contribution in [3.8, 4) is 23.0 Å². The van der Waals surface area contributed by atoms with Gasteiger partial charge in [0.05, 0.1) is 32.2 Å². The lowest BCUT2D eigenvalue weighted by atomic mass is 10.1. The van der Waals surface area contributed by atoms with Crippen molar-refractivity contribution in [1.29, 1.82) is 0 Å². The van der Waals surface area contributed by atoms with E-state index in [0.717, 1.165) is 0 Å². The first-order chi connectivity index (χ1) is 18.2. The van der Waals surface area contributed by atoms with Gasteiger partial charge in [0.2, 0.25) is 5.65 Å². The van der Waals surface area contributed by atoms with Crippen LogP contribution < -0.4 is 14.8 Å². The third-order valence-electron chi connectivity index (χ3n) is 6.12. The van der Waals surface area contributed by atoms with Gasteiger partial charge in [-0.05, 0) is 33.1 Å². The number of nitrogens with one attached hydrogen (secondary N) is 1. The molecule has 204 valence electrons. The number of fused-ring (bicyclic) bond motifs is 7. The molecule has 11 nitrogen and oxygen atoms in total. The number of methoxy groups -OCH3 is 1. The van der Waals surface area contributed by atoms with Crippen LogP contribution in [0.4, 0.5) is 18.0 Å². The molecule has 1 unspecified atom stereocenters. The molecular formula is C24H29F3N8O3. The van der Waals surface area contributed by atoms with E-state index in [1.807, 2.05) is 0 Å². The molecule has 0 radical (unpaired) electrons. The monoisotopic (exact) mass is 534 g/mol. The van der Waals surface area contributed by atoms with Crippen LogP contribution in [0.1, 0.15) is 51.4 Å². The molecule has 3 aromatic rings. The second-order valence-corrected chi connectivity index (χ2v) is 8.71. The molecule has 0 aliphatic carbocycles. The quantitative estimate of drug-likeness (QED) is 0.497. The smallest absolute Gasteiger partial charge is 0.389 e. The van der Waals surface area contributed by atoms with Crippen LogP contribution in [0, 0.1) is 0 Å². The first-order valence-electron chi connectivity index (χ1n) is 12.2. The predicted octanol–water partition coefficient (Wildman–Crippen LogP) is 4.12. The zero-order chi connectivity index (χ0) is 27.3. The average molecular weight is 535 g/mol. The number of rotatable bonds is 4. The molecule has 0 fully saturated rings. The van der Waals surface area contributed by atoms with Gasteiger partial charge in [-0.3, -0.25) is 0 Å². The Bertz CT molecular complexity index is 1300. The van der Waals surface area contributed by atoms with Crippen molar-refractivity contribution < 1.29 is 27.4 Å². The first kappa shape index (κ1) is 27.1. The lowest BCUT2D eigenvalue weighted by molar-refractivity contribution is -0.136. The molecule has 4 bridgehead atoms. The van der Waals surface area contributed by atoms with Gasteiger partial charge in [0.1, 0.15) is 17.7 Å². The Hall–Kier alpha value is -3.97. The molecule has 0 aromatic carbocycles. The van der Waals surface area contributed by atoms with Gasteiger partial charge in [-0.1, -0.05) is 12.2 Å². The fourth-order valence-corrected chi connectivity index (χ4v) is 4.11. The Morgan fingerprint density at radius 3 is 2.79 bits per heavy atom. The minimum Gasteiger partial charge on any atom is -0.493 e. The number of halogens is 3. The molecule has 1 N–H and O–H groups in total. The van der Waals surface area contributed by atoms with E-state index in [2.05, 4.69) is 30.4 Å². The predicted molar refractivity (Wildman–Crippen MR) is 131 cm³/mol. The Labute approximate surface area is 217 Å². The zero-order valence-corrected chi connectivity index (χ0v) is 21.3. The van der Waals surface area contributed by atoms with Crippen LogP contribution in [0.5, 0.6) is 11.6 Å². The zero-order valence-electron chi connectivity index (χ0n) is 21.3. The minimum atomic E-state index is -4.32. The number of carbonyl (C=O) groups excluding carboxylic acids is 1. The molecule has 1 aliphatic rings. The van der Waals surface area contributed by atoms with E-state index in [0.29, 0.717) is 35.0 Å². The number of ether oxygens (including phenoxy) is 2. The lowest BCUT2D eigenvalue weighted by Gasteiger charge is -2.30. The summed E-state index contributed by atoms with van der Waals surface area (Å²) in [6.07, 6.45) is 3.17. The summed E-state index contributed by atoms with van der Waals surface area (Å²) in [7, 11) is 1.48. The third-order valence-corrected chi connectivity index (χ3v) is 6.12. The number of nitrogens with zero attached hydrogens (tertiary/aromatic N) is 7. The maximum Gasteiger partial charge on any atom is 0.389 e. The van der Waals surface area contributed by atoms with Crippen molar-refractivity contribution >= 4 is 11.7 Å². The third kappa shape index (κ3) is 6.29. The van der Waals surface area contributed by atoms with Crippen LogP contribution in [0.15, 0.2) is 30.9 Å². The fourth-order valence-electron chi connectivity index (χ4n) is 4.11. The van der Waals surface area contributed by atoms with Crippen LogP contribution in [0.3, 0.4) is 0 Å². The Kier molecular flexibility index (Phi) is 8.27. The summed E-state index contributed by atoms with van der Waals surface area (Å²) < 4.78 is 51.7. The van der Waals surface area contributed by atoms with Gasteiger partial charge in [0.25, 0.3) is 5.88 Å². The summed E-state index contributed by atoms with van der Waals surface area (Å²) in [6, 6.07) is -1.82. The van der Waals surface area contributed by atoms with Gasteiger partial charge in [-0.25, -0.2) is 29.2 Å². The molecule has 14 heteroatoms. The molecule has 4 rings (SSSR count). The highest BCUT2D eigenvalue weighted by Gasteiger charge is 2.30. The van der Waals surface area contributed by atoms with E-state index >= 15 is 0 Å². The van der Waals surface area contributed by atoms with Crippen LogP contribution in [-0.2, 0) is 0 Å². The van der Waals surface area contributed by atoms with Crippen molar-refractivity contribution in [2.75, 3.05) is 20.3 Å². The Morgan fingerprint density at radius 2 is 2.05 bits per heavy atom. The molecule has 0 saturated carbocycles. The number of hydrogen-bond donors (Lipinski definition) is 1. The van der Waals surface area contributed by atoms with Crippen molar-refractivity contribution in [2.24, 2.45) is 0 Å². The molecule has 38 heavy (non-hydrogen) atoms. The summed E-state index contributed by atoms with van der Waals surface area (Å²) >= 11 is 0. The number of aromatic nitrogens is 6. The second-order valence-electron chi connectivity index (χ2n) is 8.71. The van der Waals surface area contributed by atoms with E-state index < -0.39 is 30.7 Å². The van der Waals surface area contributed by atoms with Gasteiger partial charge in [-0.15, -0.1) is 0 Å². The summed E-state index contributed by atoms with van der Waals surface area (Å²) in [4.78, 5) is 32.5. The van der Waals surface area contributed by atoms with Gasteiger partial charge in [0, 0.05) is 19.0 Å². The highest BCUT2D eigenvalue weighted by molar-refractivity contribution is 5.75. The number of alkyl halides is 3. The van der Waals surface area contributed by atoms with Crippen molar-refractivity contribution in [3.63, 3.8) is 0 Å². The summed E-state index contributed by atoms with van der Waals surface area (Å²) in [5.41, 5.74) is 1.16. The minimum absolute atomic E-state index is 0.235. The summed E-state index contributed by atoms with van der Waals surface area (Å²) in [5, 5.41) is 6.96. The number of amides is 2. The summed E-state index contributed by atoms with van der Waals surface area (Å²) in [6.45, 7) is 4.04. The van der Waals surface area contributed by atoms with Crippen LogP contribution in [-0.4, -0.2) is 73.0 Å². The molecule has 1 aliphatic heterocycles. The first-order valence-corrected chi connectivity index (χ1v) is 12.2. The highest BCUT2D eigenvalue weighted by atomic mass is 19.4. The van der Waals surface area contributed by atoms with Gasteiger partial charge >= 0.3 is 12.2 Å². The second kappa shape index (κ2) is 11.6. The van der Waals surface area contributed by atoms with Crippen LogP contribution >= 0.6 is 0 Å². The van der Waals surface area contributed by atoms with E-state index in [-0.39, 0.29) is 31.9 Å². The number of hydrogen-bond acceptors (Lipinski definition) is 8. The van der Waals surface area contributed by atoms with Crippen molar-refractivity contribution in [2.45, 2.75) is 57.8 Å². The van der Waals surface area contributed by atoms with Crippen LogP contribution in [0.25, 0.3) is 17.0 Å². The van der Waals surface area contributed by atoms with Crippen molar-refractivity contribution in [3.05, 3.63) is 36.7 Å². The molecule has 4 heterocycles. The average Bonchev–Trinajstić information content (AvgIpc) is 3.37. The SMILES string of the molecule is CCN1C(=O)N[C@@H](CCC(F)(F)F)C/C=C/CCOc2nc(cn3ncnc23)-c2nc(ncc2OC)C1C. The lowest BCUT2D eigenvalue weighted by Crippen LogP contribution is -2.46.